The highest BCUT2D eigenvalue weighted by Crippen LogP contribution is 2.54. The number of thioether (sulfide) groups is 1. The zero-order chi connectivity index (χ0) is 104. The summed E-state index contributed by atoms with van der Waals surface area (Å²) in [5, 5.41) is 52.8. The van der Waals surface area contributed by atoms with E-state index >= 15 is 0 Å². The number of hydrogen-bond donors (Lipinski definition) is 5. The Labute approximate surface area is 882 Å². The molecule has 15 aromatic rings. The van der Waals surface area contributed by atoms with E-state index in [4.69, 9.17) is 58.0 Å². The van der Waals surface area contributed by atoms with Crippen LogP contribution in [0.15, 0.2) is 240 Å². The van der Waals surface area contributed by atoms with Crippen LogP contribution in [0.4, 0.5) is 0 Å². The van der Waals surface area contributed by atoms with Gasteiger partial charge in [-0.05, 0) is 211 Å². The van der Waals surface area contributed by atoms with Gasteiger partial charge in [0.15, 0.2) is 45.1 Å². The van der Waals surface area contributed by atoms with Crippen LogP contribution < -0.4 is 0 Å². The average molecular weight is 2230 g/mol. The largest absolute Gasteiger partial charge is 0.481 e. The Morgan fingerprint density at radius 1 is 0.331 bits per heavy atom. The van der Waals surface area contributed by atoms with Crippen molar-refractivity contribution in [3.63, 3.8) is 0 Å². The number of carboxylic acids is 5. The Hall–Kier alpha value is -10.4. The van der Waals surface area contributed by atoms with Crippen LogP contribution in [-0.4, -0.2) is 174 Å². The molecule has 0 amide bonds. The number of rotatable bonds is 25. The second kappa shape index (κ2) is 44.9. The van der Waals surface area contributed by atoms with Crippen molar-refractivity contribution in [2.75, 3.05) is 31.3 Å². The predicted octanol–water partition coefficient (Wildman–Crippen LogP) is 23.7. The number of pyridine rings is 5. The Morgan fingerprint density at radius 3 is 0.903 bits per heavy atom. The standard InChI is InChI=1S/C21H19ClN2O5S.C21H22N2O4S2.C20H18Cl2N2O4S2.C20H19ClN2O4S2.C20H19ClN2O2S2/c1-30(28,29)15-8-9-23-21-17(15)18(20(27)12-4-6-14(22)7-5-12)19-13(11-16(25)26)3-2-10-24(19)21;1-13-5-7-15(8-6-13)28-20-18-16(29(2,26)27)9-10-22-21(18)23-11-3-4-14(19(20)23)12-17(24)25;1-30(27,28)15-6-7-23-20-17(15)19(29-12-4-5-13(21)14(22)10-12)18-11(9-16(25)26)3-2-8-24(18)20;1-29(26,27)15-8-9-22-20-17(15)19(28-14-6-4-13(21)5-7-14)18-12(11-16(24)25)3-2-10-23(18)20;1-26-15-8-9-22-20-17(15)19(27-14-6-4-13(21)5-7-14)18-12(11-16(24)25)3-2-10-23(18)20/h4-9,13H,2-3,10-11H2,1H3,(H,25,26);5-10,14H,3-4,11-12H2,1-2H3,(H,24,25);4-7,10-11H,2-3,8-9H2,1H3,(H,25,26);4-9,12H,2-3,10-11H2,1H3,(H,24,25);4-9,12H,2-3,10-11H2,1H3,(H,24,25). The van der Waals surface area contributed by atoms with Crippen LogP contribution in [0.1, 0.15) is 176 Å². The Bertz CT molecular complexity index is 7960. The first-order valence-electron chi connectivity index (χ1n) is 46.0. The number of carboxylic acid groups (broad SMARTS) is 5. The minimum atomic E-state index is -3.66. The Morgan fingerprint density at radius 2 is 0.593 bits per heavy atom. The minimum absolute atomic E-state index is 0.00128. The highest BCUT2D eigenvalue weighted by atomic mass is 35.5. The van der Waals surface area contributed by atoms with Gasteiger partial charge < -0.3 is 48.4 Å². The first-order valence-corrected chi connectivity index (χ1v) is 59.9. The van der Waals surface area contributed by atoms with Gasteiger partial charge in [-0.3, -0.25) is 28.8 Å². The van der Waals surface area contributed by atoms with E-state index in [1.807, 2.05) is 98.1 Å². The fourth-order valence-corrected chi connectivity index (χ4v) is 29.8. The van der Waals surface area contributed by atoms with Gasteiger partial charge in [0.1, 0.15) is 28.2 Å². The van der Waals surface area contributed by atoms with Crippen LogP contribution in [0.3, 0.4) is 0 Å². The van der Waals surface area contributed by atoms with Crippen molar-refractivity contribution in [1.82, 2.24) is 47.8 Å². The molecule has 5 atom stereocenters. The van der Waals surface area contributed by atoms with Crippen LogP contribution >= 0.6 is 117 Å². The molecular weight excluding hydrogens is 2140 g/mol. The van der Waals surface area contributed by atoms with E-state index in [9.17, 15) is 88.0 Å². The average Bonchev–Trinajstić information content (AvgIpc) is 1.58. The van der Waals surface area contributed by atoms with Crippen molar-refractivity contribution in [1.29, 1.82) is 0 Å². The number of halogens is 5. The quantitative estimate of drug-likeness (QED) is 0.0262. The number of aryl methyl sites for hydroxylation is 6. The molecule has 5 aromatic carbocycles. The highest BCUT2D eigenvalue weighted by molar-refractivity contribution is 8.01. The molecule has 0 saturated heterocycles. The number of nitrogens with zero attached hydrogens (tertiary/aromatic N) is 10. The molecule has 0 radical (unpaired) electrons. The molecule has 29 nitrogen and oxygen atoms in total. The lowest BCUT2D eigenvalue weighted by molar-refractivity contribution is -0.138. The summed E-state index contributed by atoms with van der Waals surface area (Å²) in [5.74, 6) is -5.71. The molecule has 0 saturated carbocycles. The van der Waals surface area contributed by atoms with Crippen LogP contribution in [0, 0.1) is 6.92 Å². The zero-order valence-corrected chi connectivity index (χ0v) is 89.9. The van der Waals surface area contributed by atoms with Gasteiger partial charge in [0.2, 0.25) is 0 Å². The van der Waals surface area contributed by atoms with Crippen LogP contribution in [-0.2, 0) is 96.0 Å². The number of sulfone groups is 4. The summed E-state index contributed by atoms with van der Waals surface area (Å²) < 4.78 is 110. The second-order valence-corrected chi connectivity index (χ2v) is 51.2. The maximum atomic E-state index is 13.6. The number of hydrogen-bond acceptors (Lipinski definition) is 24. The fraction of sp³-hybridized carbons (Fsp3) is 0.304. The molecule has 5 unspecified atom stereocenters. The third kappa shape index (κ3) is 23.7. The van der Waals surface area contributed by atoms with Crippen molar-refractivity contribution >= 4 is 247 Å². The molecule has 5 N–H and O–H groups in total. The molecule has 5 aliphatic rings. The molecule has 43 heteroatoms. The minimum Gasteiger partial charge on any atom is -0.481 e. The van der Waals surface area contributed by atoms with Gasteiger partial charge in [0.05, 0.1) is 83.5 Å². The fourth-order valence-electron chi connectivity index (χ4n) is 19.9. The topological polar surface area (TPSA) is 429 Å². The van der Waals surface area contributed by atoms with E-state index in [-0.39, 0.29) is 92.1 Å². The zero-order valence-electron chi connectivity index (χ0n) is 78.8. The number of ketones is 1. The van der Waals surface area contributed by atoms with Crippen LogP contribution in [0.2, 0.25) is 25.1 Å². The lowest BCUT2D eigenvalue weighted by Crippen LogP contribution is -2.20. The molecule has 758 valence electrons. The van der Waals surface area contributed by atoms with E-state index < -0.39 is 75.1 Å². The number of aliphatic carboxylic acids is 5. The van der Waals surface area contributed by atoms with Crippen molar-refractivity contribution in [2.45, 2.75) is 229 Å². The smallest absolute Gasteiger partial charge is 0.304 e. The monoisotopic (exact) mass is 2230 g/mol. The molecule has 20 rings (SSSR count). The number of fused-ring (bicyclic) bond motifs is 15. The molecule has 145 heavy (non-hydrogen) atoms. The maximum absolute atomic E-state index is 13.6. The van der Waals surface area contributed by atoms with Gasteiger partial charge in [-0.15, -0.1) is 11.8 Å². The number of carbonyl (C=O) groups is 6. The Balaban J connectivity index is 0.000000130. The summed E-state index contributed by atoms with van der Waals surface area (Å²) in [6.45, 7) is 5.48. The first kappa shape index (κ1) is 107. The highest BCUT2D eigenvalue weighted by Gasteiger charge is 2.41. The van der Waals surface area contributed by atoms with E-state index in [2.05, 4.69) is 35.7 Å². The SMILES string of the molecule is CS(=O)(=O)c1ccnc2c1c(C(=O)c1ccc(Cl)cc1)c1n2CCCC1CC(=O)O.CS(=O)(=O)c1ccnc2c1c(Sc1ccc(Cl)c(Cl)c1)c1n2CCCC1CC(=O)O.CS(=O)(=O)c1ccnc2c1c(Sc1ccc(Cl)cc1)c1n2CCCC1CC(=O)O.CSc1ccnc2c1c(Sc1ccc(Cl)cc1)c1n2CCCC1CC(=O)O.Cc1ccc(Sc2c3n(c4nccc(S(C)(=O)=O)c24)CCCC3CC(=O)O)cc1. The molecular formula is C102H97Cl5N10O19S9. The molecule has 10 aromatic heterocycles. The van der Waals surface area contributed by atoms with Crippen molar-refractivity contribution in [2.24, 2.45) is 0 Å². The third-order valence-electron chi connectivity index (χ3n) is 25.8. The lowest BCUT2D eigenvalue weighted by Gasteiger charge is -2.25. The van der Waals surface area contributed by atoms with E-state index in [0.717, 1.165) is 131 Å². The van der Waals surface area contributed by atoms with E-state index in [0.29, 0.717) is 125 Å². The van der Waals surface area contributed by atoms with Crippen molar-refractivity contribution in [3.8, 4) is 0 Å². The van der Waals surface area contributed by atoms with Crippen LogP contribution in [0.25, 0.3) is 55.2 Å². The number of aromatic nitrogens is 10. The lowest BCUT2D eigenvalue weighted by atomic mass is 9.88. The molecule has 5 aliphatic heterocycles. The van der Waals surface area contributed by atoms with Gasteiger partial charge in [0.25, 0.3) is 0 Å². The number of carbonyl (C=O) groups excluding carboxylic acids is 1. The molecule has 0 aliphatic carbocycles. The summed E-state index contributed by atoms with van der Waals surface area (Å²) in [4.78, 5) is 103. The van der Waals surface area contributed by atoms with Gasteiger partial charge in [0, 0.05) is 222 Å². The second-order valence-electron chi connectivity index (χ2n) is 35.9. The van der Waals surface area contributed by atoms with Crippen LogP contribution in [0.5, 0.6) is 0 Å². The van der Waals surface area contributed by atoms with Crippen molar-refractivity contribution < 1.29 is 88.0 Å². The molecule has 0 spiro atoms. The normalized spacial score (nSPS) is 16.6. The molecule has 15 heterocycles. The van der Waals surface area contributed by atoms with E-state index in [1.54, 1.807) is 78.1 Å². The molecule has 0 fully saturated rings. The predicted molar refractivity (Wildman–Crippen MR) is 566 cm³/mol. The summed E-state index contributed by atoms with van der Waals surface area (Å²) in [5.41, 5.74) is 9.05. The summed E-state index contributed by atoms with van der Waals surface area (Å²) in [7, 11) is -14.2. The first-order chi connectivity index (χ1) is 68.9. The van der Waals surface area contributed by atoms with Gasteiger partial charge in [-0.25, -0.2) is 58.6 Å². The van der Waals surface area contributed by atoms with Crippen molar-refractivity contribution in [3.05, 3.63) is 247 Å². The van der Waals surface area contributed by atoms with Gasteiger partial charge >= 0.3 is 29.8 Å². The third-order valence-corrected chi connectivity index (χ3v) is 37.1. The van der Waals surface area contributed by atoms with Gasteiger partial charge in [-0.1, -0.05) is 123 Å². The number of benzene rings is 5. The summed E-state index contributed by atoms with van der Waals surface area (Å²) in [6.07, 6.45) is 22.3. The van der Waals surface area contributed by atoms with Gasteiger partial charge in [-0.2, -0.15) is 0 Å². The maximum Gasteiger partial charge on any atom is 0.304 e. The summed E-state index contributed by atoms with van der Waals surface area (Å²) in [6, 6.07) is 42.6. The molecule has 0 bridgehead atoms. The summed E-state index contributed by atoms with van der Waals surface area (Å²) >= 11 is 37.9. The Kier molecular flexibility index (Phi) is 33.3. The van der Waals surface area contributed by atoms with E-state index in [1.165, 1.54) is 108 Å².